The van der Waals surface area contributed by atoms with E-state index in [9.17, 15) is 0 Å². The van der Waals surface area contributed by atoms with Crippen LogP contribution in [0.4, 0.5) is 8.63 Å². The summed E-state index contributed by atoms with van der Waals surface area (Å²) in [6, 6.07) is 5.66. The lowest BCUT2D eigenvalue weighted by Crippen LogP contribution is -2.51. The molecule has 170 valence electrons. The Balaban J connectivity index is 2.20. The summed E-state index contributed by atoms with van der Waals surface area (Å²) in [5.41, 5.74) is 7.93. The van der Waals surface area contributed by atoms with Crippen LogP contribution in [-0.2, 0) is 6.42 Å². The van der Waals surface area contributed by atoms with Crippen LogP contribution in [0.1, 0.15) is 62.2 Å². The van der Waals surface area contributed by atoms with Crippen molar-refractivity contribution < 1.29 is 22.6 Å². The van der Waals surface area contributed by atoms with E-state index >= 15 is 8.63 Å². The minimum absolute atomic E-state index is 0.576. The van der Waals surface area contributed by atoms with Crippen LogP contribution < -0.4 is 9.47 Å². The zero-order valence-corrected chi connectivity index (χ0v) is 20.2. The zero-order valence-electron chi connectivity index (χ0n) is 20.2. The van der Waals surface area contributed by atoms with Gasteiger partial charge in [0, 0.05) is 23.8 Å². The maximum atomic E-state index is 16.3. The molecule has 4 rings (SSSR count). The molecule has 32 heavy (non-hydrogen) atoms. The van der Waals surface area contributed by atoms with Gasteiger partial charge in [0.2, 0.25) is 0 Å². The van der Waals surface area contributed by atoms with Crippen molar-refractivity contribution in [3.05, 3.63) is 63.1 Å². The first kappa shape index (κ1) is 22.4. The number of nitrogens with zero attached hydrogens (tertiary/aromatic N) is 2. The average molecular weight is 440 g/mol. The van der Waals surface area contributed by atoms with Crippen LogP contribution in [0.15, 0.2) is 35.0 Å². The molecule has 7 heteroatoms. The predicted molar refractivity (Wildman–Crippen MR) is 126 cm³/mol. The number of aromatic nitrogens is 1. The minimum Gasteiger partial charge on any atom is -0.493 e. The van der Waals surface area contributed by atoms with Crippen molar-refractivity contribution in [2.75, 3.05) is 14.2 Å². The molecule has 0 spiro atoms. The molecule has 0 unspecified atom stereocenters. The second kappa shape index (κ2) is 7.64. The lowest BCUT2D eigenvalue weighted by atomic mass is 9.83. The van der Waals surface area contributed by atoms with Crippen LogP contribution >= 0.6 is 0 Å². The molecule has 0 saturated carbocycles. The van der Waals surface area contributed by atoms with E-state index in [0.29, 0.717) is 47.1 Å². The summed E-state index contributed by atoms with van der Waals surface area (Å²) >= 11 is 0. The van der Waals surface area contributed by atoms with Gasteiger partial charge in [-0.1, -0.05) is 19.9 Å². The Morgan fingerprint density at radius 3 is 2.19 bits per heavy atom. The van der Waals surface area contributed by atoms with Gasteiger partial charge in [-0.05, 0) is 68.1 Å². The Morgan fingerprint density at radius 1 is 0.969 bits per heavy atom. The number of fused-ring (bicyclic) bond motifs is 2. The van der Waals surface area contributed by atoms with Crippen molar-refractivity contribution in [3.63, 3.8) is 0 Å². The smallest absolute Gasteiger partial charge is 0.493 e. The summed E-state index contributed by atoms with van der Waals surface area (Å²) in [6.45, 7) is 7.58. The number of ether oxygens (including phenoxy) is 2. The van der Waals surface area contributed by atoms with Crippen LogP contribution in [0.25, 0.3) is 5.57 Å². The Morgan fingerprint density at radius 2 is 1.62 bits per heavy atom. The van der Waals surface area contributed by atoms with Gasteiger partial charge in [-0.2, -0.15) is 0 Å². The number of benzene rings is 1. The normalized spacial score (nSPS) is 17.2. The number of hydrogen-bond acceptors (Lipinski definition) is 2. The highest BCUT2D eigenvalue weighted by Gasteiger charge is 2.56. The fraction of sp³-hybridized carbons (Fsp3) is 0.400. The second-order valence-corrected chi connectivity index (χ2v) is 8.56. The predicted octanol–water partition coefficient (Wildman–Crippen LogP) is 5.89. The molecular formula is C25H31BF2N2O2. The molecule has 0 fully saturated rings. The van der Waals surface area contributed by atoms with Crippen LogP contribution in [0.2, 0.25) is 0 Å². The highest BCUT2D eigenvalue weighted by molar-refractivity contribution is 6.58. The summed E-state index contributed by atoms with van der Waals surface area (Å²) in [6.07, 6.45) is 1.41. The fourth-order valence-corrected chi connectivity index (χ4v) is 5.74. The van der Waals surface area contributed by atoms with Gasteiger partial charge in [-0.3, -0.25) is 0 Å². The average Bonchev–Trinajstić information content (AvgIpc) is 3.18. The lowest BCUT2D eigenvalue weighted by molar-refractivity contribution is -0.363. The Labute approximate surface area is 188 Å². The lowest BCUT2D eigenvalue weighted by Gasteiger charge is -2.34. The third-order valence-electron chi connectivity index (χ3n) is 7.17. The van der Waals surface area contributed by atoms with Gasteiger partial charge in [0.25, 0.3) is 0 Å². The first-order chi connectivity index (χ1) is 15.1. The molecule has 1 aromatic carbocycles. The largest absolute Gasteiger partial charge is 0.737 e. The maximum absolute atomic E-state index is 16.3. The molecule has 0 bridgehead atoms. The topological polar surface area (TPSA) is 26.4 Å². The zero-order chi connectivity index (χ0) is 23.5. The first-order valence-electron chi connectivity index (χ1n) is 11.2. The number of methoxy groups -OCH3 is 2. The molecule has 2 aliphatic heterocycles. The van der Waals surface area contributed by atoms with E-state index in [4.69, 9.17) is 9.47 Å². The Bertz CT molecular complexity index is 1240. The van der Waals surface area contributed by atoms with Crippen molar-refractivity contribution >= 4 is 18.3 Å². The molecule has 0 amide bonds. The molecule has 4 nitrogen and oxygen atoms in total. The van der Waals surface area contributed by atoms with Gasteiger partial charge >= 0.3 is 6.97 Å². The van der Waals surface area contributed by atoms with Crippen LogP contribution in [0.5, 0.6) is 11.5 Å². The fourth-order valence-electron chi connectivity index (χ4n) is 5.74. The van der Waals surface area contributed by atoms with E-state index < -0.39 is 6.97 Å². The van der Waals surface area contributed by atoms with Gasteiger partial charge < -0.3 is 27.1 Å². The monoisotopic (exact) mass is 440 g/mol. The Kier molecular flexibility index (Phi) is 5.34. The SMILES string of the molecule is CCC1=C(C)C2=C(c3ccc(OC)c(OC)c3)c3c(C)c(CC)c(C)n3[B-](F)(F)[N+]2=C1C. The summed E-state index contributed by atoms with van der Waals surface area (Å²) in [7, 11) is 3.18. The minimum atomic E-state index is -4.02. The molecule has 1 aromatic heterocycles. The van der Waals surface area contributed by atoms with E-state index in [1.54, 1.807) is 14.2 Å². The molecule has 2 aliphatic rings. The standard InChI is InChI=1S/C25H31BF2N2O2/c1-9-19-14(3)24-23(18-11-12-21(31-7)22(13-18)32-8)25-15(4)20(10-2)17(6)30(25)26(27,28)29(24)16(19)5/h11-13H,9-10H2,1-8H3. The van der Waals surface area contributed by atoms with Crippen LogP contribution in [-0.4, -0.2) is 35.9 Å². The molecule has 0 aliphatic carbocycles. The van der Waals surface area contributed by atoms with Gasteiger partial charge in [0.05, 0.1) is 19.8 Å². The first-order valence-corrected chi connectivity index (χ1v) is 11.2. The van der Waals surface area contributed by atoms with Crippen LogP contribution in [0, 0.1) is 13.8 Å². The highest BCUT2D eigenvalue weighted by Crippen LogP contribution is 2.48. The number of allylic oxidation sites excluding steroid dienone is 2. The number of rotatable bonds is 5. The van der Waals surface area contributed by atoms with Gasteiger partial charge in [-0.25, -0.2) is 0 Å². The third kappa shape index (κ3) is 2.76. The second-order valence-electron chi connectivity index (χ2n) is 8.56. The number of halogens is 2. The summed E-state index contributed by atoms with van der Waals surface area (Å²) in [5, 5.41) is 0. The molecular weight excluding hydrogens is 409 g/mol. The van der Waals surface area contributed by atoms with E-state index in [-0.39, 0.29) is 0 Å². The van der Waals surface area contributed by atoms with Gasteiger partial charge in [0.1, 0.15) is 5.71 Å². The molecule has 0 radical (unpaired) electrons. The molecule has 3 heterocycles. The molecule has 0 saturated heterocycles. The molecule has 0 atom stereocenters. The molecule has 0 N–H and O–H groups in total. The van der Waals surface area contributed by atoms with Crippen molar-refractivity contribution in [1.29, 1.82) is 0 Å². The van der Waals surface area contributed by atoms with E-state index in [0.717, 1.165) is 33.4 Å². The maximum Gasteiger partial charge on any atom is 0.737 e. The van der Waals surface area contributed by atoms with Crippen molar-refractivity contribution in [2.24, 2.45) is 0 Å². The van der Waals surface area contributed by atoms with Crippen molar-refractivity contribution in [3.8, 4) is 11.5 Å². The summed E-state index contributed by atoms with van der Waals surface area (Å²) in [5.74, 6) is 1.18. The van der Waals surface area contributed by atoms with Gasteiger partial charge in [-0.15, -0.1) is 0 Å². The molecule has 2 aromatic rings. The third-order valence-corrected chi connectivity index (χ3v) is 7.17. The van der Waals surface area contributed by atoms with Crippen molar-refractivity contribution in [2.45, 2.75) is 54.4 Å². The van der Waals surface area contributed by atoms with E-state index in [2.05, 4.69) is 0 Å². The van der Waals surface area contributed by atoms with E-state index in [1.165, 1.54) is 8.96 Å². The number of hydrogen-bond donors (Lipinski definition) is 0. The van der Waals surface area contributed by atoms with Gasteiger partial charge in [0.15, 0.2) is 17.2 Å². The van der Waals surface area contributed by atoms with Crippen molar-refractivity contribution in [1.82, 2.24) is 4.48 Å². The van der Waals surface area contributed by atoms with Crippen LogP contribution in [0.3, 0.4) is 0 Å². The highest BCUT2D eigenvalue weighted by atomic mass is 19.2. The quantitative estimate of drug-likeness (QED) is 0.542. The van der Waals surface area contributed by atoms with E-state index in [1.807, 2.05) is 59.7 Å². The Hall–Kier alpha value is -2.83. The summed E-state index contributed by atoms with van der Waals surface area (Å²) < 4.78 is 46.1. The summed E-state index contributed by atoms with van der Waals surface area (Å²) in [4.78, 5) is 0.